The van der Waals surface area contributed by atoms with Gasteiger partial charge in [0.1, 0.15) is 5.60 Å². The van der Waals surface area contributed by atoms with Crippen molar-refractivity contribution < 1.29 is 18.7 Å². The highest BCUT2D eigenvalue weighted by molar-refractivity contribution is 6.02. The molecule has 2 nitrogen and oxygen atoms in total. The number of benzene rings is 1. The third-order valence-electron chi connectivity index (χ3n) is 3.87. The summed E-state index contributed by atoms with van der Waals surface area (Å²) in [5, 5.41) is 10.4. The Labute approximate surface area is 111 Å². The van der Waals surface area contributed by atoms with Crippen LogP contribution in [0.5, 0.6) is 0 Å². The molecule has 1 fully saturated rings. The molecule has 1 N–H and O–H groups in total. The molecule has 0 aromatic heterocycles. The second kappa shape index (κ2) is 5.37. The third-order valence-corrected chi connectivity index (χ3v) is 3.87. The van der Waals surface area contributed by atoms with Crippen LogP contribution in [0.4, 0.5) is 8.78 Å². The molecule has 0 atom stereocenters. The van der Waals surface area contributed by atoms with Crippen molar-refractivity contribution in [2.45, 2.75) is 51.0 Å². The minimum absolute atomic E-state index is 0.155. The predicted octanol–water partition coefficient (Wildman–Crippen LogP) is 3.54. The number of aryl methyl sites for hydroxylation is 1. The molecule has 0 saturated heterocycles. The minimum atomic E-state index is -1.54. The molecule has 1 aliphatic carbocycles. The highest BCUT2D eigenvalue weighted by Gasteiger charge is 2.38. The van der Waals surface area contributed by atoms with Gasteiger partial charge in [0.2, 0.25) is 0 Å². The van der Waals surface area contributed by atoms with Crippen molar-refractivity contribution in [1.29, 1.82) is 0 Å². The first-order chi connectivity index (χ1) is 8.96. The van der Waals surface area contributed by atoms with Gasteiger partial charge in [-0.15, -0.1) is 0 Å². The van der Waals surface area contributed by atoms with Gasteiger partial charge in [0.05, 0.1) is 5.56 Å². The van der Waals surface area contributed by atoms with Crippen LogP contribution in [0.3, 0.4) is 0 Å². The Morgan fingerprint density at radius 1 is 1.11 bits per heavy atom. The molecule has 19 heavy (non-hydrogen) atoms. The standard InChI is InChI=1S/C15H18F2O2/c1-10-6-7-11(13(17)12(10)16)14(18)15(19)8-4-2-3-5-9-15/h6-7,19H,2-5,8-9H2,1H3. The molecule has 0 radical (unpaired) electrons. The number of hydrogen-bond acceptors (Lipinski definition) is 2. The fourth-order valence-corrected chi connectivity index (χ4v) is 2.61. The second-order valence-corrected chi connectivity index (χ2v) is 5.33. The summed E-state index contributed by atoms with van der Waals surface area (Å²) in [6, 6.07) is 2.63. The van der Waals surface area contributed by atoms with Gasteiger partial charge in [-0.2, -0.15) is 0 Å². The summed E-state index contributed by atoms with van der Waals surface area (Å²) >= 11 is 0. The highest BCUT2D eigenvalue weighted by Crippen LogP contribution is 2.31. The molecule has 0 spiro atoms. The van der Waals surface area contributed by atoms with Crippen LogP contribution in [0.1, 0.15) is 54.4 Å². The monoisotopic (exact) mass is 268 g/mol. The molecular weight excluding hydrogens is 250 g/mol. The summed E-state index contributed by atoms with van der Waals surface area (Å²) in [4.78, 5) is 12.3. The van der Waals surface area contributed by atoms with E-state index in [1.807, 2.05) is 0 Å². The first-order valence-corrected chi connectivity index (χ1v) is 6.67. The number of halogens is 2. The van der Waals surface area contributed by atoms with Crippen LogP contribution in [-0.2, 0) is 0 Å². The molecule has 0 heterocycles. The molecule has 104 valence electrons. The van der Waals surface area contributed by atoms with Crippen LogP contribution in [0, 0.1) is 18.6 Å². The average molecular weight is 268 g/mol. The zero-order valence-corrected chi connectivity index (χ0v) is 11.0. The lowest BCUT2D eigenvalue weighted by Crippen LogP contribution is -2.38. The molecule has 0 aliphatic heterocycles. The highest BCUT2D eigenvalue weighted by atomic mass is 19.2. The van der Waals surface area contributed by atoms with Crippen molar-refractivity contribution >= 4 is 5.78 Å². The molecule has 1 aliphatic rings. The van der Waals surface area contributed by atoms with Crippen LogP contribution in [-0.4, -0.2) is 16.5 Å². The molecule has 0 unspecified atom stereocenters. The summed E-state index contributed by atoms with van der Waals surface area (Å²) in [6.45, 7) is 1.44. The van der Waals surface area contributed by atoms with E-state index in [-0.39, 0.29) is 11.1 Å². The van der Waals surface area contributed by atoms with Crippen molar-refractivity contribution in [3.8, 4) is 0 Å². The van der Waals surface area contributed by atoms with Crippen molar-refractivity contribution in [3.63, 3.8) is 0 Å². The summed E-state index contributed by atoms with van der Waals surface area (Å²) < 4.78 is 27.3. The maximum atomic E-state index is 13.8. The third kappa shape index (κ3) is 2.68. The summed E-state index contributed by atoms with van der Waals surface area (Å²) in [7, 11) is 0. The Kier molecular flexibility index (Phi) is 3.99. The SMILES string of the molecule is Cc1ccc(C(=O)C2(O)CCCCCC2)c(F)c1F. The lowest BCUT2D eigenvalue weighted by molar-refractivity contribution is 0.0233. The van der Waals surface area contributed by atoms with Crippen LogP contribution in [0.2, 0.25) is 0 Å². The Balaban J connectivity index is 2.35. The van der Waals surface area contributed by atoms with Crippen molar-refractivity contribution in [1.82, 2.24) is 0 Å². The van der Waals surface area contributed by atoms with E-state index < -0.39 is 23.0 Å². The normalized spacial score (nSPS) is 18.9. The Hall–Kier alpha value is -1.29. The number of carbonyl (C=O) groups excluding carboxylic acids is 1. The average Bonchev–Trinajstić information content (AvgIpc) is 2.61. The number of rotatable bonds is 2. The Morgan fingerprint density at radius 3 is 2.26 bits per heavy atom. The summed E-state index contributed by atoms with van der Waals surface area (Å²) in [5.41, 5.74) is -1.73. The van der Waals surface area contributed by atoms with Crippen LogP contribution in [0.15, 0.2) is 12.1 Å². The van der Waals surface area contributed by atoms with Gasteiger partial charge in [0.15, 0.2) is 17.4 Å². The number of carbonyl (C=O) groups is 1. The number of Topliss-reactive ketones (excluding diaryl/α,β-unsaturated/α-hetero) is 1. The van der Waals surface area contributed by atoms with Crippen molar-refractivity contribution in [2.75, 3.05) is 0 Å². The van der Waals surface area contributed by atoms with Crippen molar-refractivity contribution in [3.05, 3.63) is 34.9 Å². The van der Waals surface area contributed by atoms with Gasteiger partial charge < -0.3 is 5.11 Å². The molecule has 1 aromatic rings. The van der Waals surface area contributed by atoms with E-state index in [1.165, 1.54) is 19.1 Å². The summed E-state index contributed by atoms with van der Waals surface area (Å²) in [5.74, 6) is -2.85. The number of hydrogen-bond donors (Lipinski definition) is 1. The minimum Gasteiger partial charge on any atom is -0.382 e. The number of aliphatic hydroxyl groups is 1. The first-order valence-electron chi connectivity index (χ1n) is 6.67. The lowest BCUT2D eigenvalue weighted by atomic mass is 9.85. The van der Waals surface area contributed by atoms with E-state index in [2.05, 4.69) is 0 Å². The zero-order chi connectivity index (χ0) is 14.0. The molecule has 1 saturated carbocycles. The van der Waals surface area contributed by atoms with Gasteiger partial charge in [0.25, 0.3) is 0 Å². The molecular formula is C15H18F2O2. The molecule has 0 amide bonds. The van der Waals surface area contributed by atoms with E-state index >= 15 is 0 Å². The summed E-state index contributed by atoms with van der Waals surface area (Å²) in [6.07, 6.45) is 4.03. The van der Waals surface area contributed by atoms with Crippen LogP contribution in [0.25, 0.3) is 0 Å². The van der Waals surface area contributed by atoms with Gasteiger partial charge in [-0.3, -0.25) is 4.79 Å². The van der Waals surface area contributed by atoms with Crippen molar-refractivity contribution in [2.24, 2.45) is 0 Å². The molecule has 0 bridgehead atoms. The van der Waals surface area contributed by atoms with E-state index in [0.717, 1.165) is 25.7 Å². The van der Waals surface area contributed by atoms with Gasteiger partial charge >= 0.3 is 0 Å². The predicted molar refractivity (Wildman–Crippen MR) is 68.1 cm³/mol. The van der Waals surface area contributed by atoms with E-state index in [9.17, 15) is 18.7 Å². The number of ketones is 1. The fourth-order valence-electron chi connectivity index (χ4n) is 2.61. The molecule has 2 rings (SSSR count). The van der Waals surface area contributed by atoms with Crippen LogP contribution < -0.4 is 0 Å². The largest absolute Gasteiger partial charge is 0.382 e. The van der Waals surface area contributed by atoms with E-state index in [4.69, 9.17) is 0 Å². The van der Waals surface area contributed by atoms with E-state index in [1.54, 1.807) is 0 Å². The van der Waals surface area contributed by atoms with Gasteiger partial charge in [-0.25, -0.2) is 8.78 Å². The zero-order valence-electron chi connectivity index (χ0n) is 11.0. The Bertz CT molecular complexity index is 489. The second-order valence-electron chi connectivity index (χ2n) is 5.33. The van der Waals surface area contributed by atoms with E-state index in [0.29, 0.717) is 12.8 Å². The fraction of sp³-hybridized carbons (Fsp3) is 0.533. The van der Waals surface area contributed by atoms with Gasteiger partial charge in [0, 0.05) is 0 Å². The van der Waals surface area contributed by atoms with Gasteiger partial charge in [-0.05, 0) is 31.4 Å². The van der Waals surface area contributed by atoms with Gasteiger partial charge in [-0.1, -0.05) is 31.7 Å². The maximum Gasteiger partial charge on any atom is 0.197 e. The maximum absolute atomic E-state index is 13.8. The molecule has 1 aromatic carbocycles. The van der Waals surface area contributed by atoms with Crippen LogP contribution >= 0.6 is 0 Å². The molecule has 4 heteroatoms. The topological polar surface area (TPSA) is 37.3 Å². The smallest absolute Gasteiger partial charge is 0.197 e. The quantitative estimate of drug-likeness (QED) is 0.658. The Morgan fingerprint density at radius 2 is 1.68 bits per heavy atom. The lowest BCUT2D eigenvalue weighted by Gasteiger charge is -2.25. The first kappa shape index (κ1) is 14.1.